The fourth-order valence-electron chi connectivity index (χ4n) is 3.24. The summed E-state index contributed by atoms with van der Waals surface area (Å²) in [4.78, 5) is 0. The van der Waals surface area contributed by atoms with Gasteiger partial charge in [0, 0.05) is 16.2 Å². The topological polar surface area (TPSA) is 71.4 Å². The number of rotatable bonds is 7. The average molecular weight is 447 g/mol. The van der Waals surface area contributed by atoms with Gasteiger partial charge in [0.15, 0.2) is 0 Å². The second-order valence-corrected chi connectivity index (χ2v) is 8.92. The Morgan fingerprint density at radius 2 is 1.15 bits per heavy atom. The van der Waals surface area contributed by atoms with Gasteiger partial charge < -0.3 is 10.5 Å². The molecule has 4 rings (SSSR count). The molecule has 4 aromatic carbocycles. The van der Waals surface area contributed by atoms with Crippen molar-refractivity contribution >= 4 is 24.4 Å². The van der Waals surface area contributed by atoms with Gasteiger partial charge in [-0.25, -0.2) is 4.76 Å². The molecule has 0 atom stereocenters. The third-order valence-corrected chi connectivity index (χ3v) is 6.79. The molecule has 0 bridgehead atoms. The maximum atomic E-state index is 10.1. The van der Waals surface area contributed by atoms with E-state index in [0.717, 1.165) is 16.2 Å². The zero-order chi connectivity index (χ0) is 22.9. The Balaban J connectivity index is 1.89. The minimum Gasteiger partial charge on any atom is -0.440 e. The molecule has 0 saturated carbocycles. The molecule has 2 N–H and O–H groups in total. The third-order valence-electron chi connectivity index (χ3n) is 4.81. The Kier molecular flexibility index (Phi) is 7.28. The Morgan fingerprint density at radius 3 is 1.64 bits per heavy atom. The molecule has 0 aliphatic carbocycles. The molecule has 0 radical (unpaired) electrons. The fraction of sp³-hybridized carbons (Fsp3) is 0. The number of benzene rings is 4. The predicted octanol–water partition coefficient (Wildman–Crippen LogP) is 5.30. The molecule has 0 heterocycles. The van der Waals surface area contributed by atoms with Crippen LogP contribution < -0.4 is 21.1 Å². The summed E-state index contributed by atoms with van der Waals surface area (Å²) in [5, 5.41) is 12.3. The van der Waals surface area contributed by atoms with Crippen LogP contribution in [0.4, 0.5) is 0 Å². The maximum Gasteiger partial charge on any atom is 0.211 e. The summed E-state index contributed by atoms with van der Waals surface area (Å²) >= 11 is 0. The van der Waals surface area contributed by atoms with Gasteiger partial charge in [-0.1, -0.05) is 109 Å². The van der Waals surface area contributed by atoms with Gasteiger partial charge in [0.05, 0.1) is 13.8 Å². The molecule has 0 aliphatic heterocycles. The zero-order valence-corrected chi connectivity index (χ0v) is 18.8. The molecule has 4 aromatic rings. The van der Waals surface area contributed by atoms with Crippen molar-refractivity contribution in [3.05, 3.63) is 138 Å². The molecule has 0 saturated heterocycles. The van der Waals surface area contributed by atoms with E-state index < -0.39 is 8.07 Å². The number of hydrogen-bond acceptors (Lipinski definition) is 4. The number of allylic oxidation sites excluding steroid dienone is 1. The molecule has 33 heavy (non-hydrogen) atoms. The number of para-hydroxylation sites is 1. The molecule has 0 aromatic heterocycles. The number of nitriles is 1. The number of nitrogens with two attached hydrogens (primary N) is 1. The first-order valence-corrected chi connectivity index (χ1v) is 11.7. The SMILES string of the molecule is N#CC(/C(=N\P(c1ccccc1)c1ccccc1)c1ccccc1)=C(/N)Oc1ccccc1. The zero-order valence-electron chi connectivity index (χ0n) is 17.9. The molecule has 0 fully saturated rings. The van der Waals surface area contributed by atoms with Gasteiger partial charge in [-0.2, -0.15) is 5.26 Å². The lowest BCUT2D eigenvalue weighted by molar-refractivity contribution is 0.418. The van der Waals surface area contributed by atoms with Crippen LogP contribution in [-0.2, 0) is 0 Å². The van der Waals surface area contributed by atoms with Crippen molar-refractivity contribution in [2.24, 2.45) is 10.5 Å². The average Bonchev–Trinajstić information content (AvgIpc) is 2.88. The largest absolute Gasteiger partial charge is 0.440 e. The van der Waals surface area contributed by atoms with Gasteiger partial charge in [0.25, 0.3) is 0 Å². The van der Waals surface area contributed by atoms with E-state index in [4.69, 9.17) is 15.2 Å². The monoisotopic (exact) mass is 447 g/mol. The number of ether oxygens (including phenoxy) is 1. The molecule has 5 heteroatoms. The molecule has 0 amide bonds. The summed E-state index contributed by atoms with van der Waals surface area (Å²) in [5.41, 5.74) is 7.82. The highest BCUT2D eigenvalue weighted by molar-refractivity contribution is 7.72. The van der Waals surface area contributed by atoms with Crippen LogP contribution in [-0.4, -0.2) is 5.71 Å². The van der Waals surface area contributed by atoms with Crippen LogP contribution >= 0.6 is 8.07 Å². The van der Waals surface area contributed by atoms with Gasteiger partial charge in [-0.15, -0.1) is 0 Å². The van der Waals surface area contributed by atoms with E-state index >= 15 is 0 Å². The maximum absolute atomic E-state index is 10.1. The Bertz CT molecular complexity index is 1240. The molecule has 0 spiro atoms. The first-order valence-electron chi connectivity index (χ1n) is 10.4. The quantitative estimate of drug-likeness (QED) is 0.181. The lowest BCUT2D eigenvalue weighted by Gasteiger charge is -2.17. The van der Waals surface area contributed by atoms with Crippen molar-refractivity contribution < 1.29 is 4.74 Å². The van der Waals surface area contributed by atoms with E-state index in [9.17, 15) is 5.26 Å². The molecule has 0 aliphatic rings. The minimum absolute atomic E-state index is 0.0161. The Morgan fingerprint density at radius 1 is 0.697 bits per heavy atom. The van der Waals surface area contributed by atoms with Gasteiger partial charge in [0.1, 0.15) is 17.4 Å². The summed E-state index contributed by atoms with van der Waals surface area (Å²) in [5.74, 6) is 0.575. The number of hydrogen-bond donors (Lipinski definition) is 1. The van der Waals surface area contributed by atoms with E-state index in [1.54, 1.807) is 12.1 Å². The Hall–Kier alpha value is -4.19. The summed E-state index contributed by atoms with van der Waals surface area (Å²) < 4.78 is 11.0. The van der Waals surface area contributed by atoms with Crippen LogP contribution in [0.1, 0.15) is 5.56 Å². The van der Waals surface area contributed by atoms with Gasteiger partial charge in [-0.05, 0) is 12.1 Å². The standard InChI is InChI=1S/C28H22N3OP/c29-21-26(28(30)32-23-15-7-2-8-16-23)27(22-13-5-1-6-14-22)31-33(24-17-9-3-10-18-24)25-19-11-4-12-20-25/h1-20H,30H2/b28-26+,31-27-. The molecule has 4 nitrogen and oxygen atoms in total. The second-order valence-electron chi connectivity index (χ2n) is 7.06. The van der Waals surface area contributed by atoms with Crippen LogP contribution in [0.25, 0.3) is 0 Å². The minimum atomic E-state index is -1.14. The lowest BCUT2D eigenvalue weighted by atomic mass is 10.0. The summed E-state index contributed by atoms with van der Waals surface area (Å²) in [6.45, 7) is 0. The molecule has 0 unspecified atom stereocenters. The van der Waals surface area contributed by atoms with Crippen molar-refractivity contribution in [3.8, 4) is 11.8 Å². The second kappa shape index (κ2) is 10.9. The van der Waals surface area contributed by atoms with Crippen LogP contribution in [0.5, 0.6) is 5.75 Å². The van der Waals surface area contributed by atoms with Crippen molar-refractivity contribution in [3.63, 3.8) is 0 Å². The van der Waals surface area contributed by atoms with E-state index in [-0.39, 0.29) is 11.5 Å². The van der Waals surface area contributed by atoms with Crippen molar-refractivity contribution in [2.75, 3.05) is 0 Å². The first kappa shape index (κ1) is 22.0. The van der Waals surface area contributed by atoms with Gasteiger partial charge >= 0.3 is 0 Å². The molecule has 160 valence electrons. The highest BCUT2D eigenvalue weighted by Crippen LogP contribution is 2.37. The highest BCUT2D eigenvalue weighted by atomic mass is 31.1. The smallest absolute Gasteiger partial charge is 0.211 e. The van der Waals surface area contributed by atoms with Gasteiger partial charge in [-0.3, -0.25) is 0 Å². The number of nitrogens with zero attached hydrogens (tertiary/aromatic N) is 2. The fourth-order valence-corrected chi connectivity index (χ4v) is 5.10. The van der Waals surface area contributed by atoms with Crippen LogP contribution in [0.2, 0.25) is 0 Å². The van der Waals surface area contributed by atoms with Crippen LogP contribution in [0.3, 0.4) is 0 Å². The highest BCUT2D eigenvalue weighted by Gasteiger charge is 2.20. The van der Waals surface area contributed by atoms with Crippen molar-refractivity contribution in [1.82, 2.24) is 0 Å². The van der Waals surface area contributed by atoms with E-state index in [0.29, 0.717) is 11.5 Å². The summed E-state index contributed by atoms with van der Waals surface area (Å²) in [6, 6.07) is 41.2. The van der Waals surface area contributed by atoms with Crippen LogP contribution in [0.15, 0.2) is 138 Å². The van der Waals surface area contributed by atoms with Crippen molar-refractivity contribution in [1.29, 1.82) is 5.26 Å². The molecular formula is C28H22N3OP. The molecular weight excluding hydrogens is 425 g/mol. The van der Waals surface area contributed by atoms with Crippen molar-refractivity contribution in [2.45, 2.75) is 0 Å². The van der Waals surface area contributed by atoms with E-state index in [1.807, 2.05) is 84.9 Å². The Labute approximate surface area is 195 Å². The van der Waals surface area contributed by atoms with E-state index in [1.165, 1.54) is 0 Å². The lowest BCUT2D eigenvalue weighted by Crippen LogP contribution is -2.18. The first-order chi connectivity index (χ1) is 16.3. The van der Waals surface area contributed by atoms with Crippen LogP contribution in [0, 0.1) is 11.3 Å². The van der Waals surface area contributed by atoms with Gasteiger partial charge in [0.2, 0.25) is 5.88 Å². The predicted molar refractivity (Wildman–Crippen MR) is 136 cm³/mol. The van der Waals surface area contributed by atoms with E-state index in [2.05, 4.69) is 30.3 Å². The summed E-state index contributed by atoms with van der Waals surface area (Å²) in [7, 11) is -1.14. The summed E-state index contributed by atoms with van der Waals surface area (Å²) in [6.07, 6.45) is 0. The third kappa shape index (κ3) is 5.54. The normalized spacial score (nSPS) is 12.1.